The van der Waals surface area contributed by atoms with Crippen molar-refractivity contribution in [1.82, 2.24) is 0 Å². The van der Waals surface area contributed by atoms with E-state index in [4.69, 9.17) is 37.9 Å². The molecule has 0 unspecified atom stereocenters. The van der Waals surface area contributed by atoms with E-state index in [1.807, 2.05) is 6.92 Å². The maximum absolute atomic E-state index is 15.2. The van der Waals surface area contributed by atoms with Crippen LogP contribution in [0.15, 0.2) is 11.6 Å². The molecule has 9 rings (SSSR count). The number of ether oxygens (including phenoxy) is 8. The Morgan fingerprint density at radius 1 is 0.640 bits per heavy atom. The van der Waals surface area contributed by atoms with Crippen molar-refractivity contribution in [3.63, 3.8) is 0 Å². The number of rotatable bonds is 11. The molecule has 22 nitrogen and oxygen atoms in total. The Morgan fingerprint density at radius 3 is 1.99 bits per heavy atom. The molecule has 22 heteroatoms. The van der Waals surface area contributed by atoms with Crippen LogP contribution in [-0.4, -0.2) is 222 Å². The molecule has 4 saturated heterocycles. The standard InChI is InChI=1S/C53H86O22/c1-22-10-15-53(48(67)75-47-41(65)37(61)35(59)28(72-47)20-69-44-42(66)38(62)43(27(18-54)71-44)74-46-40(64)36(60)33(57)24(3)70-46)17-16-51(6)25(32(53)23(22)2)8-9-30-49(4)13-12-31(73-45-39(63)34(58)26(56)19-68-45)50(5,21-55)29(49)11-14-52(30,51)7/h8,22-24,26-47,54-66H,9-21H2,1-7H3/t22-,23+,24+,26+,27-,28-,29-,30-,31+,32+,33+,34+,35-,36-,37+,38-,39-,40-,41-,42-,43-,44-,45+,46+,47+,49+,50+,51-,52-,53+/m1/s1. The predicted molar refractivity (Wildman–Crippen MR) is 257 cm³/mol. The lowest BCUT2D eigenvalue weighted by Crippen LogP contribution is -2.67. The number of allylic oxidation sites excluding steroid dienone is 2. The van der Waals surface area contributed by atoms with Gasteiger partial charge in [0.2, 0.25) is 6.29 Å². The summed E-state index contributed by atoms with van der Waals surface area (Å²) < 4.78 is 47.0. The summed E-state index contributed by atoms with van der Waals surface area (Å²) in [5.41, 5.74) is -1.33. The second kappa shape index (κ2) is 21.4. The number of hydrogen-bond donors (Lipinski definition) is 13. The Labute approximate surface area is 437 Å². The molecule has 0 aromatic carbocycles. The van der Waals surface area contributed by atoms with E-state index in [1.165, 1.54) is 12.5 Å². The van der Waals surface area contributed by atoms with Crippen molar-refractivity contribution < 1.29 is 109 Å². The van der Waals surface area contributed by atoms with E-state index in [1.54, 1.807) is 0 Å². The maximum atomic E-state index is 15.2. The topological polar surface area (TPSA) is 354 Å². The summed E-state index contributed by atoms with van der Waals surface area (Å²) >= 11 is 0. The number of fused-ring (bicyclic) bond motifs is 7. The normalized spacial score (nSPS) is 56.1. The molecule has 4 saturated carbocycles. The van der Waals surface area contributed by atoms with E-state index in [9.17, 15) is 66.4 Å². The molecule has 0 aromatic heterocycles. The highest BCUT2D eigenvalue weighted by Crippen LogP contribution is 2.76. The maximum Gasteiger partial charge on any atom is 0.315 e. The van der Waals surface area contributed by atoms with E-state index in [2.05, 4.69) is 40.7 Å². The van der Waals surface area contributed by atoms with Crippen LogP contribution in [0.1, 0.15) is 106 Å². The highest BCUT2D eigenvalue weighted by molar-refractivity contribution is 5.79. The molecule has 0 bridgehead atoms. The average Bonchev–Trinajstić information content (AvgIpc) is 3.45. The van der Waals surface area contributed by atoms with E-state index >= 15 is 4.79 Å². The van der Waals surface area contributed by atoms with Crippen LogP contribution in [0.3, 0.4) is 0 Å². The number of hydrogen-bond acceptors (Lipinski definition) is 22. The average molecular weight is 1080 g/mol. The molecule has 4 aliphatic heterocycles. The molecule has 4 heterocycles. The van der Waals surface area contributed by atoms with Crippen molar-refractivity contribution in [3.05, 3.63) is 11.6 Å². The Kier molecular flexibility index (Phi) is 16.6. The quantitative estimate of drug-likeness (QED) is 0.0633. The summed E-state index contributed by atoms with van der Waals surface area (Å²) in [6.07, 6.45) is -21.8. The van der Waals surface area contributed by atoms with Crippen molar-refractivity contribution in [1.29, 1.82) is 0 Å². The number of aliphatic hydroxyl groups is 13. The van der Waals surface area contributed by atoms with Gasteiger partial charge >= 0.3 is 5.97 Å². The highest BCUT2D eigenvalue weighted by atomic mass is 16.8. The molecule has 30 atom stereocenters. The van der Waals surface area contributed by atoms with Crippen LogP contribution < -0.4 is 0 Å². The Balaban J connectivity index is 0.900. The zero-order chi connectivity index (χ0) is 54.6. The molecule has 0 aromatic rings. The van der Waals surface area contributed by atoms with Gasteiger partial charge in [-0.15, -0.1) is 0 Å². The van der Waals surface area contributed by atoms with Gasteiger partial charge in [0.15, 0.2) is 18.9 Å². The second-order valence-corrected chi connectivity index (χ2v) is 25.1. The van der Waals surface area contributed by atoms with Crippen molar-refractivity contribution >= 4 is 5.97 Å². The third-order valence-electron chi connectivity index (χ3n) is 21.5. The van der Waals surface area contributed by atoms with Crippen LogP contribution in [0.2, 0.25) is 0 Å². The van der Waals surface area contributed by atoms with Gasteiger partial charge in [0.1, 0.15) is 85.5 Å². The monoisotopic (exact) mass is 1070 g/mol. The molecule has 5 aliphatic carbocycles. The molecule has 0 spiro atoms. The molecule has 0 radical (unpaired) electrons. The first-order valence-corrected chi connectivity index (χ1v) is 27.4. The molecular weight excluding hydrogens is 989 g/mol. The summed E-state index contributed by atoms with van der Waals surface area (Å²) in [5, 5.41) is 139. The van der Waals surface area contributed by atoms with Crippen LogP contribution in [0, 0.1) is 56.7 Å². The lowest BCUT2D eigenvalue weighted by molar-refractivity contribution is -0.361. The summed E-state index contributed by atoms with van der Waals surface area (Å²) in [7, 11) is 0. The lowest BCUT2D eigenvalue weighted by atomic mass is 9.33. The van der Waals surface area contributed by atoms with Crippen LogP contribution in [0.4, 0.5) is 0 Å². The smallest absolute Gasteiger partial charge is 0.315 e. The van der Waals surface area contributed by atoms with Gasteiger partial charge in [-0.3, -0.25) is 4.79 Å². The number of carbonyl (C=O) groups excluding carboxylic acids is 1. The summed E-state index contributed by atoms with van der Waals surface area (Å²) in [5.74, 6) is -0.310. The number of carbonyl (C=O) groups is 1. The van der Waals surface area contributed by atoms with Crippen LogP contribution >= 0.6 is 0 Å². The summed E-state index contributed by atoms with van der Waals surface area (Å²) in [4.78, 5) is 15.2. The molecule has 8 fully saturated rings. The molecule has 75 heavy (non-hydrogen) atoms. The van der Waals surface area contributed by atoms with Gasteiger partial charge in [-0.05, 0) is 111 Å². The molecule has 13 N–H and O–H groups in total. The predicted octanol–water partition coefficient (Wildman–Crippen LogP) is -1.54. The zero-order valence-electron chi connectivity index (χ0n) is 44.2. The zero-order valence-corrected chi connectivity index (χ0v) is 44.2. The minimum atomic E-state index is -1.87. The van der Waals surface area contributed by atoms with Gasteiger partial charge in [-0.25, -0.2) is 0 Å². The summed E-state index contributed by atoms with van der Waals surface area (Å²) in [6.45, 7) is 13.2. The van der Waals surface area contributed by atoms with Crippen molar-refractivity contribution in [2.45, 2.75) is 229 Å². The van der Waals surface area contributed by atoms with E-state index in [0.29, 0.717) is 25.7 Å². The lowest BCUT2D eigenvalue weighted by Gasteiger charge is -2.71. The van der Waals surface area contributed by atoms with Gasteiger partial charge in [-0.2, -0.15) is 0 Å². The summed E-state index contributed by atoms with van der Waals surface area (Å²) in [6, 6.07) is 0. The van der Waals surface area contributed by atoms with Crippen molar-refractivity contribution in [2.24, 2.45) is 56.7 Å². The molecule has 430 valence electrons. The second-order valence-electron chi connectivity index (χ2n) is 25.1. The fourth-order valence-corrected chi connectivity index (χ4v) is 16.3. The van der Waals surface area contributed by atoms with Crippen LogP contribution in [0.25, 0.3) is 0 Å². The third-order valence-corrected chi connectivity index (χ3v) is 21.5. The first kappa shape index (κ1) is 58.1. The fourth-order valence-electron chi connectivity index (χ4n) is 16.3. The van der Waals surface area contributed by atoms with Gasteiger partial charge < -0.3 is 104 Å². The molecular formula is C53H86O22. The SMILES string of the molecule is C[C@H]1[C@H](C)CC[C@]2(C(=O)O[C@@H]3O[C@H](CO[C@@H]4O[C@H](CO)[C@@H](O[C@@H]5O[C@@H](C)[C@H](O)[C@@H](O)[C@H]5O)[C@H](O)[C@H]4O)[C@@H](O)[C@H](O)[C@H]3O)CC[C@]3(C)C(=CC[C@@H]4[C@@]5(C)CC[C@H](O[C@@H]6OC[C@H](O)[C@H](O)[C@H]6O)[C@@](C)(CO)[C@@H]5CC[C@]43C)[C@H]12. The Bertz CT molecular complexity index is 2050. The van der Waals surface area contributed by atoms with Crippen molar-refractivity contribution in [2.75, 3.05) is 26.4 Å². The Morgan fingerprint density at radius 2 is 1.29 bits per heavy atom. The van der Waals surface area contributed by atoms with Crippen LogP contribution in [-0.2, 0) is 42.7 Å². The number of aliphatic hydroxyl groups excluding tert-OH is 13. The van der Waals surface area contributed by atoms with Gasteiger partial charge in [0.25, 0.3) is 0 Å². The fraction of sp³-hybridized carbons (Fsp3) is 0.943. The first-order valence-electron chi connectivity index (χ1n) is 27.4. The van der Waals surface area contributed by atoms with Crippen LogP contribution in [0.5, 0.6) is 0 Å². The highest BCUT2D eigenvalue weighted by Gasteiger charge is 2.71. The van der Waals surface area contributed by atoms with E-state index in [0.717, 1.165) is 32.1 Å². The minimum absolute atomic E-state index is 0.0319. The van der Waals surface area contributed by atoms with Gasteiger partial charge in [-0.1, -0.05) is 53.2 Å². The third kappa shape index (κ3) is 9.31. The van der Waals surface area contributed by atoms with E-state index < -0.39 is 153 Å². The molecule has 0 amide bonds. The van der Waals surface area contributed by atoms with Gasteiger partial charge in [0.05, 0.1) is 44.1 Å². The number of esters is 1. The van der Waals surface area contributed by atoms with Gasteiger partial charge in [0, 0.05) is 5.41 Å². The molecule has 9 aliphatic rings. The largest absolute Gasteiger partial charge is 0.432 e. The van der Waals surface area contributed by atoms with E-state index in [-0.39, 0.29) is 59.0 Å². The minimum Gasteiger partial charge on any atom is -0.432 e. The first-order chi connectivity index (χ1) is 35.2. The Hall–Kier alpha value is -1.59. The van der Waals surface area contributed by atoms with Crippen molar-refractivity contribution in [3.8, 4) is 0 Å².